The Morgan fingerprint density at radius 2 is 1.55 bits per heavy atom. The molecular weight excluding hydrogens is 548 g/mol. The van der Waals surface area contributed by atoms with Crippen LogP contribution in [0.2, 0.25) is 0 Å². The molecule has 3 rings (SSSR count). The van der Waals surface area contributed by atoms with Crippen LogP contribution in [0.25, 0.3) is 0 Å². The van der Waals surface area contributed by atoms with E-state index in [1.54, 1.807) is 6.92 Å². The number of allylic oxidation sites excluding steroid dienone is 1. The summed E-state index contributed by atoms with van der Waals surface area (Å²) in [6.07, 6.45) is -3.62. The van der Waals surface area contributed by atoms with Crippen LogP contribution in [0.3, 0.4) is 0 Å². The zero-order valence-corrected chi connectivity index (χ0v) is 24.1. The zero-order valence-electron chi connectivity index (χ0n) is 23.3. The van der Waals surface area contributed by atoms with E-state index in [4.69, 9.17) is 35.3 Å². The number of fused-ring (bicyclic) bond motifs is 2. The molecule has 0 radical (unpaired) electrons. The molecule has 3 aliphatic rings. The molecule has 2 aliphatic carbocycles. The Morgan fingerprint density at radius 1 is 1.00 bits per heavy atom. The summed E-state index contributed by atoms with van der Waals surface area (Å²) in [5.74, 6) is -6.21. The second-order valence-corrected chi connectivity index (χ2v) is 11.2. The summed E-state index contributed by atoms with van der Waals surface area (Å²) in [5.41, 5.74) is -3.42. The molecule has 0 spiro atoms. The predicted octanol–water partition coefficient (Wildman–Crippen LogP) is 2.32. The van der Waals surface area contributed by atoms with Crippen LogP contribution in [-0.2, 0) is 47.7 Å². The third-order valence-corrected chi connectivity index (χ3v) is 8.54. The first-order valence-corrected chi connectivity index (χ1v) is 13.2. The summed E-state index contributed by atoms with van der Waals surface area (Å²) >= 11 is 6.69. The van der Waals surface area contributed by atoms with Gasteiger partial charge in [-0.2, -0.15) is 0 Å². The number of carbonyl (C=O) groups is 5. The number of hydrogen-bond acceptors (Lipinski definition) is 11. The van der Waals surface area contributed by atoms with E-state index in [-0.39, 0.29) is 17.6 Å². The molecule has 2 fully saturated rings. The Bertz CT molecular complexity index is 1160. The van der Waals surface area contributed by atoms with Gasteiger partial charge in [-0.3, -0.25) is 24.0 Å². The second kappa shape index (κ2) is 11.4. The van der Waals surface area contributed by atoms with Crippen LogP contribution in [0.4, 0.5) is 0 Å². The molecule has 12 heteroatoms. The predicted molar refractivity (Wildman–Crippen MR) is 139 cm³/mol. The van der Waals surface area contributed by atoms with Crippen LogP contribution in [0.5, 0.6) is 0 Å². The van der Waals surface area contributed by atoms with Crippen molar-refractivity contribution in [3.63, 3.8) is 0 Å². The van der Waals surface area contributed by atoms with Gasteiger partial charge in [0.15, 0.2) is 11.7 Å². The monoisotopic (exact) mass is 582 g/mol. The number of halogens is 1. The third kappa shape index (κ3) is 5.41. The molecule has 220 valence electrons. The lowest BCUT2D eigenvalue weighted by molar-refractivity contribution is -0.223. The number of alkyl halides is 1. The van der Waals surface area contributed by atoms with Crippen LogP contribution >= 0.6 is 11.6 Å². The molecule has 40 heavy (non-hydrogen) atoms. The van der Waals surface area contributed by atoms with Gasteiger partial charge >= 0.3 is 29.8 Å². The normalized spacial score (nSPS) is 40.0. The molecule has 0 aromatic carbocycles. The summed E-state index contributed by atoms with van der Waals surface area (Å²) < 4.78 is 28.3. The highest BCUT2D eigenvalue weighted by Crippen LogP contribution is 2.56. The van der Waals surface area contributed by atoms with Crippen molar-refractivity contribution in [1.82, 2.24) is 0 Å². The summed E-state index contributed by atoms with van der Waals surface area (Å²) in [7, 11) is 0. The van der Waals surface area contributed by atoms with E-state index < -0.39 is 88.6 Å². The number of ether oxygens (including phenoxy) is 5. The Balaban J connectivity index is 2.45. The van der Waals surface area contributed by atoms with Crippen molar-refractivity contribution < 1.29 is 52.8 Å². The third-order valence-electron chi connectivity index (χ3n) is 8.03. The van der Waals surface area contributed by atoms with Gasteiger partial charge in [0.2, 0.25) is 0 Å². The Kier molecular flexibility index (Phi) is 8.91. The quantitative estimate of drug-likeness (QED) is 0.225. The molecule has 10 atom stereocenters. The highest BCUT2D eigenvalue weighted by Gasteiger charge is 2.70. The number of carbonyl (C=O) groups excluding carboxylic acids is 5. The standard InChI is InChI=1S/C28H35ClO11/c1-12-9-10-20(37-16(5)31)27(8)21(38-17(6)32)11-19(36-15(4)30)13(2)22(27)24(39-18(7)33)28(35)14(3)26(34)40-25(28)23(12)29/h9-10,14,19-25,35H,1-2,11H2,3-8H3/b10-9-/t14-,19+,20-,21-,22+,23-,24-,25-,27-,28+/m0/s1. The van der Waals surface area contributed by atoms with Gasteiger partial charge in [0.05, 0.1) is 16.7 Å². The molecule has 1 heterocycles. The fourth-order valence-electron chi connectivity index (χ4n) is 6.10. The van der Waals surface area contributed by atoms with Gasteiger partial charge in [0, 0.05) is 40.0 Å². The smallest absolute Gasteiger partial charge is 0.312 e. The average molecular weight is 583 g/mol. The lowest BCUT2D eigenvalue weighted by Gasteiger charge is -2.56. The molecule has 0 aromatic rings. The van der Waals surface area contributed by atoms with Crippen molar-refractivity contribution in [3.05, 3.63) is 36.5 Å². The zero-order chi connectivity index (χ0) is 30.3. The maximum atomic E-state index is 12.9. The number of hydrogen-bond donors (Lipinski definition) is 1. The highest BCUT2D eigenvalue weighted by atomic mass is 35.5. The Hall–Kier alpha value is -3.18. The fourth-order valence-corrected chi connectivity index (χ4v) is 6.42. The van der Waals surface area contributed by atoms with E-state index in [0.717, 1.165) is 6.92 Å². The minimum absolute atomic E-state index is 0.0880. The topological polar surface area (TPSA) is 152 Å². The molecule has 11 nitrogen and oxygen atoms in total. The van der Waals surface area contributed by atoms with Gasteiger partial charge in [-0.25, -0.2) is 0 Å². The first-order chi connectivity index (χ1) is 18.5. The van der Waals surface area contributed by atoms with Crippen LogP contribution in [-0.4, -0.2) is 76.5 Å². The molecule has 0 aromatic heterocycles. The highest BCUT2D eigenvalue weighted by molar-refractivity contribution is 6.23. The van der Waals surface area contributed by atoms with Gasteiger partial charge in [-0.1, -0.05) is 26.2 Å². The van der Waals surface area contributed by atoms with Crippen LogP contribution in [0, 0.1) is 17.3 Å². The first-order valence-electron chi connectivity index (χ1n) is 12.8. The van der Waals surface area contributed by atoms with E-state index >= 15 is 0 Å². The van der Waals surface area contributed by atoms with Gasteiger partial charge < -0.3 is 28.8 Å². The maximum Gasteiger partial charge on any atom is 0.312 e. The summed E-state index contributed by atoms with van der Waals surface area (Å²) in [4.78, 5) is 62.2. The SMILES string of the molecule is C=C1[C@@H]2[C@H](OC(C)=O)[C@]3(O)[C@@H](C)C(=O)O[C@H]3[C@@H](Cl)C(=C)/C=C\[C@H](OC(C)=O)[C@@]2(C)[C@@H](OC(C)=O)C[C@H]1OC(C)=O. The van der Waals surface area contributed by atoms with E-state index in [2.05, 4.69) is 13.2 Å². The van der Waals surface area contributed by atoms with Gasteiger partial charge in [-0.15, -0.1) is 11.6 Å². The Labute approximate surface area is 237 Å². The summed E-state index contributed by atoms with van der Waals surface area (Å²) in [6.45, 7) is 15.7. The van der Waals surface area contributed by atoms with Crippen molar-refractivity contribution >= 4 is 41.4 Å². The first kappa shape index (κ1) is 31.3. The fraction of sp³-hybridized carbons (Fsp3) is 0.607. The van der Waals surface area contributed by atoms with Gasteiger partial charge in [-0.05, 0) is 24.1 Å². The molecule has 1 saturated carbocycles. The van der Waals surface area contributed by atoms with Crippen molar-refractivity contribution in [3.8, 4) is 0 Å². The van der Waals surface area contributed by atoms with Crippen LogP contribution < -0.4 is 0 Å². The van der Waals surface area contributed by atoms with E-state index in [1.165, 1.54) is 39.8 Å². The largest absolute Gasteiger partial charge is 0.462 e. The Morgan fingerprint density at radius 3 is 2.08 bits per heavy atom. The molecule has 1 aliphatic heterocycles. The van der Waals surface area contributed by atoms with Crippen molar-refractivity contribution in [2.45, 2.75) is 89.5 Å². The van der Waals surface area contributed by atoms with E-state index in [0.29, 0.717) is 0 Å². The molecular formula is C28H35ClO11. The minimum Gasteiger partial charge on any atom is -0.462 e. The van der Waals surface area contributed by atoms with Crippen molar-refractivity contribution in [2.75, 3.05) is 0 Å². The van der Waals surface area contributed by atoms with Crippen molar-refractivity contribution in [1.29, 1.82) is 0 Å². The van der Waals surface area contributed by atoms with Crippen molar-refractivity contribution in [2.24, 2.45) is 17.3 Å². The lowest BCUT2D eigenvalue weighted by atomic mass is 9.54. The molecule has 0 bridgehead atoms. The van der Waals surface area contributed by atoms with E-state index in [9.17, 15) is 29.1 Å². The van der Waals surface area contributed by atoms with Gasteiger partial charge in [0.25, 0.3) is 0 Å². The minimum atomic E-state index is -2.28. The molecule has 0 unspecified atom stereocenters. The summed E-state index contributed by atoms with van der Waals surface area (Å²) in [5, 5.41) is 11.2. The summed E-state index contributed by atoms with van der Waals surface area (Å²) in [6, 6.07) is 0. The van der Waals surface area contributed by atoms with Gasteiger partial charge in [0.1, 0.15) is 24.4 Å². The second-order valence-electron chi connectivity index (χ2n) is 10.7. The number of rotatable bonds is 4. The number of aliphatic hydroxyl groups is 1. The van der Waals surface area contributed by atoms with Crippen LogP contribution in [0.1, 0.15) is 48.0 Å². The molecule has 1 N–H and O–H groups in total. The maximum absolute atomic E-state index is 12.9. The molecule has 0 amide bonds. The average Bonchev–Trinajstić information content (AvgIpc) is 3.06. The molecule has 1 saturated heterocycles. The van der Waals surface area contributed by atoms with E-state index in [1.807, 2.05) is 0 Å². The van der Waals surface area contributed by atoms with Crippen LogP contribution in [0.15, 0.2) is 36.5 Å². The lowest BCUT2D eigenvalue weighted by Crippen LogP contribution is -2.68. The number of esters is 5.